The summed E-state index contributed by atoms with van der Waals surface area (Å²) in [5.74, 6) is 0.390. The Morgan fingerprint density at radius 3 is 2.47 bits per heavy atom. The molecule has 3 heterocycles. The van der Waals surface area contributed by atoms with Gasteiger partial charge in [0, 0.05) is 32.2 Å². The van der Waals surface area contributed by atoms with E-state index in [1.807, 2.05) is 4.90 Å². The van der Waals surface area contributed by atoms with E-state index < -0.39 is 16.4 Å². The number of nitrogens with zero attached hydrogens (tertiary/aromatic N) is 2. The summed E-state index contributed by atoms with van der Waals surface area (Å²) in [7, 11) is -3.19. The lowest BCUT2D eigenvalue weighted by Gasteiger charge is -2.29. The lowest BCUT2D eigenvalue weighted by molar-refractivity contribution is -0.274. The van der Waals surface area contributed by atoms with Crippen LogP contribution in [0.2, 0.25) is 0 Å². The third-order valence-corrected chi connectivity index (χ3v) is 7.25. The van der Waals surface area contributed by atoms with Gasteiger partial charge in [0.2, 0.25) is 21.2 Å². The first-order valence-electron chi connectivity index (χ1n) is 10.8. The normalized spacial score (nSPS) is 18.1. The summed E-state index contributed by atoms with van der Waals surface area (Å²) in [6.45, 7) is 2.38. The molecule has 1 aromatic heterocycles. The van der Waals surface area contributed by atoms with E-state index in [0.29, 0.717) is 57.9 Å². The molecule has 0 N–H and O–H groups in total. The first-order valence-corrected chi connectivity index (χ1v) is 12.6. The standard InChI is InChI=1S/C22H25F3N2O6S/c1-34(29,30)27-6-4-15(5-7-27)13-32-21-14-31-19(9-20(21)28)12-26-10-16-2-3-18(8-17(16)11-26)33-22(23,24)25/h2-3,8-9,14-15H,4-7,10-13H2,1H3. The number of benzene rings is 1. The number of halogens is 3. The number of hydrogen-bond acceptors (Lipinski definition) is 7. The van der Waals surface area contributed by atoms with Gasteiger partial charge in [0.1, 0.15) is 17.8 Å². The fourth-order valence-electron chi connectivity index (χ4n) is 4.21. The molecule has 1 saturated heterocycles. The highest BCUT2D eigenvalue weighted by Crippen LogP contribution is 2.30. The summed E-state index contributed by atoms with van der Waals surface area (Å²) in [5, 5.41) is 0. The van der Waals surface area contributed by atoms with Gasteiger partial charge in [-0.15, -0.1) is 13.2 Å². The lowest BCUT2D eigenvalue weighted by atomic mass is 9.99. The van der Waals surface area contributed by atoms with Crippen LogP contribution >= 0.6 is 0 Å². The summed E-state index contributed by atoms with van der Waals surface area (Å²) < 4.78 is 77.1. The van der Waals surface area contributed by atoms with E-state index in [4.69, 9.17) is 9.15 Å². The Bertz CT molecular complexity index is 1190. The van der Waals surface area contributed by atoms with Crippen LogP contribution in [-0.4, -0.2) is 49.9 Å². The molecular formula is C22H25F3N2O6S. The maximum atomic E-state index is 12.5. The van der Waals surface area contributed by atoms with Crippen molar-refractivity contribution in [1.82, 2.24) is 9.21 Å². The van der Waals surface area contributed by atoms with Gasteiger partial charge in [0.25, 0.3) is 0 Å². The van der Waals surface area contributed by atoms with Crippen LogP contribution in [0, 0.1) is 5.92 Å². The monoisotopic (exact) mass is 502 g/mol. The van der Waals surface area contributed by atoms with E-state index in [2.05, 4.69) is 4.74 Å². The van der Waals surface area contributed by atoms with Crippen LogP contribution in [0.15, 0.2) is 39.7 Å². The van der Waals surface area contributed by atoms with E-state index in [-0.39, 0.29) is 22.8 Å². The van der Waals surface area contributed by atoms with Gasteiger partial charge in [-0.1, -0.05) is 6.07 Å². The van der Waals surface area contributed by atoms with Gasteiger partial charge in [0.05, 0.1) is 19.4 Å². The van der Waals surface area contributed by atoms with Gasteiger partial charge in [0.15, 0.2) is 0 Å². The Kier molecular flexibility index (Phi) is 6.92. The average molecular weight is 503 g/mol. The van der Waals surface area contributed by atoms with E-state index >= 15 is 0 Å². The molecule has 0 bridgehead atoms. The third kappa shape index (κ3) is 6.30. The van der Waals surface area contributed by atoms with Crippen molar-refractivity contribution >= 4 is 10.0 Å². The Balaban J connectivity index is 1.29. The molecule has 0 saturated carbocycles. The Morgan fingerprint density at radius 2 is 1.82 bits per heavy atom. The molecule has 34 heavy (non-hydrogen) atoms. The maximum Gasteiger partial charge on any atom is 0.573 e. The minimum absolute atomic E-state index is 0.0907. The van der Waals surface area contributed by atoms with Crippen molar-refractivity contribution in [3.8, 4) is 11.5 Å². The number of piperidine rings is 1. The van der Waals surface area contributed by atoms with E-state index in [1.54, 1.807) is 6.07 Å². The highest BCUT2D eigenvalue weighted by atomic mass is 32.2. The predicted octanol–water partition coefficient (Wildman–Crippen LogP) is 3.10. The van der Waals surface area contributed by atoms with Crippen molar-refractivity contribution in [2.24, 2.45) is 5.92 Å². The second-order valence-electron chi connectivity index (χ2n) is 8.61. The van der Waals surface area contributed by atoms with Crippen LogP contribution in [-0.2, 0) is 29.7 Å². The summed E-state index contributed by atoms with van der Waals surface area (Å²) in [6, 6.07) is 5.61. The highest BCUT2D eigenvalue weighted by Gasteiger charge is 2.32. The van der Waals surface area contributed by atoms with Crippen LogP contribution in [0.25, 0.3) is 0 Å². The summed E-state index contributed by atoms with van der Waals surface area (Å²) in [4.78, 5) is 14.4. The SMILES string of the molecule is CS(=O)(=O)N1CCC(COc2coc(CN3Cc4ccc(OC(F)(F)F)cc4C3)cc2=O)CC1. The molecule has 0 aliphatic carbocycles. The van der Waals surface area contributed by atoms with Crippen molar-refractivity contribution in [2.45, 2.75) is 38.8 Å². The van der Waals surface area contributed by atoms with Crippen LogP contribution in [0.3, 0.4) is 0 Å². The van der Waals surface area contributed by atoms with Crippen molar-refractivity contribution < 1.29 is 35.5 Å². The molecule has 2 aliphatic heterocycles. The quantitative estimate of drug-likeness (QED) is 0.575. The highest BCUT2D eigenvalue weighted by molar-refractivity contribution is 7.88. The van der Waals surface area contributed by atoms with Gasteiger partial charge < -0.3 is 13.9 Å². The number of rotatable bonds is 7. The van der Waals surface area contributed by atoms with Gasteiger partial charge in [-0.25, -0.2) is 12.7 Å². The fourth-order valence-corrected chi connectivity index (χ4v) is 5.09. The van der Waals surface area contributed by atoms with E-state index in [0.717, 1.165) is 11.1 Å². The lowest BCUT2D eigenvalue weighted by Crippen LogP contribution is -2.39. The average Bonchev–Trinajstić information content (AvgIpc) is 3.13. The zero-order valence-corrected chi connectivity index (χ0v) is 19.3. The van der Waals surface area contributed by atoms with Crippen molar-refractivity contribution in [3.63, 3.8) is 0 Å². The first-order chi connectivity index (χ1) is 16.0. The molecule has 0 atom stereocenters. The van der Waals surface area contributed by atoms with Crippen molar-refractivity contribution in [1.29, 1.82) is 0 Å². The molecule has 2 aromatic rings. The number of sulfonamides is 1. The minimum Gasteiger partial charge on any atom is -0.486 e. The first kappa shape index (κ1) is 24.6. The Hall–Kier alpha value is -2.57. The molecule has 0 unspecified atom stereocenters. The minimum atomic E-state index is -4.74. The topological polar surface area (TPSA) is 89.3 Å². The number of hydrogen-bond donors (Lipinski definition) is 0. The van der Waals surface area contributed by atoms with Gasteiger partial charge in [-0.3, -0.25) is 9.69 Å². The number of alkyl halides is 3. The van der Waals surface area contributed by atoms with Gasteiger partial charge >= 0.3 is 6.36 Å². The van der Waals surface area contributed by atoms with Crippen molar-refractivity contribution in [2.75, 3.05) is 26.0 Å². The summed E-state index contributed by atoms with van der Waals surface area (Å²) in [6.07, 6.45) is -0.977. The van der Waals surface area contributed by atoms with Gasteiger partial charge in [-0.05, 0) is 42.0 Å². The molecule has 0 amide bonds. The summed E-state index contributed by atoms with van der Waals surface area (Å²) >= 11 is 0. The molecular weight excluding hydrogens is 477 g/mol. The zero-order chi connectivity index (χ0) is 24.5. The second-order valence-corrected chi connectivity index (χ2v) is 10.6. The van der Waals surface area contributed by atoms with E-state index in [9.17, 15) is 26.4 Å². The largest absolute Gasteiger partial charge is 0.573 e. The van der Waals surface area contributed by atoms with Crippen LogP contribution in [0.4, 0.5) is 13.2 Å². The fraction of sp³-hybridized carbons (Fsp3) is 0.500. The van der Waals surface area contributed by atoms with Crippen LogP contribution < -0.4 is 14.9 Å². The summed E-state index contributed by atoms with van der Waals surface area (Å²) in [5.41, 5.74) is 1.29. The second kappa shape index (κ2) is 9.59. The van der Waals surface area contributed by atoms with Crippen LogP contribution in [0.1, 0.15) is 29.7 Å². The molecule has 8 nitrogen and oxygen atoms in total. The maximum absolute atomic E-state index is 12.5. The van der Waals surface area contributed by atoms with E-state index in [1.165, 1.54) is 35.0 Å². The molecule has 0 spiro atoms. The van der Waals surface area contributed by atoms with Gasteiger partial charge in [-0.2, -0.15) is 0 Å². The predicted molar refractivity (Wildman–Crippen MR) is 116 cm³/mol. The van der Waals surface area contributed by atoms with Crippen LogP contribution in [0.5, 0.6) is 11.5 Å². The zero-order valence-electron chi connectivity index (χ0n) is 18.5. The molecule has 1 aromatic carbocycles. The molecule has 1 fully saturated rings. The molecule has 12 heteroatoms. The molecule has 4 rings (SSSR count). The molecule has 186 valence electrons. The van der Waals surface area contributed by atoms with Crippen molar-refractivity contribution in [3.05, 3.63) is 57.6 Å². The molecule has 0 radical (unpaired) electrons. The Morgan fingerprint density at radius 1 is 1.12 bits per heavy atom. The smallest absolute Gasteiger partial charge is 0.486 e. The third-order valence-electron chi connectivity index (χ3n) is 5.95. The Labute approximate surface area is 194 Å². The number of ether oxygens (including phenoxy) is 2. The number of fused-ring (bicyclic) bond motifs is 1. The molecule has 2 aliphatic rings.